The number of hydrogen-bond acceptors (Lipinski definition) is 3. The molecule has 0 aliphatic heterocycles. The van der Waals surface area contributed by atoms with Gasteiger partial charge in [-0.2, -0.15) is 31.6 Å². The normalized spacial score (nSPS) is 12.3. The molecule has 0 aliphatic carbocycles. The molecule has 0 radical (unpaired) electrons. The molecule has 13 heteroatoms. The van der Waals surface area contributed by atoms with Crippen LogP contribution in [0.2, 0.25) is 15.2 Å². The van der Waals surface area contributed by atoms with Crippen LogP contribution in [0.1, 0.15) is 11.1 Å². The van der Waals surface area contributed by atoms with Crippen molar-refractivity contribution >= 4 is 58.3 Å². The first-order valence-corrected chi connectivity index (χ1v) is 9.70. The smallest absolute Gasteiger partial charge is 0.290 e. The molecule has 0 fully saturated rings. The molecule has 0 bridgehead atoms. The second-order valence-electron chi connectivity index (χ2n) is 4.79. The summed E-state index contributed by atoms with van der Waals surface area (Å²) in [5.74, 6) is 0. The molecule has 0 atom stereocenters. The number of alkyl halides is 6. The highest BCUT2D eigenvalue weighted by atomic mass is 35.5. The van der Waals surface area contributed by atoms with E-state index in [1.807, 2.05) is 0 Å². The van der Waals surface area contributed by atoms with Crippen molar-refractivity contribution < 1.29 is 26.3 Å². The van der Waals surface area contributed by atoms with Crippen LogP contribution in [0.15, 0.2) is 22.1 Å². The Balaban J connectivity index is 2.83. The van der Waals surface area contributed by atoms with Crippen LogP contribution < -0.4 is 0 Å². The molecular weight excluding hydrogens is 481 g/mol. The molecule has 0 amide bonds. The van der Waals surface area contributed by atoms with Gasteiger partial charge in [-0.15, -0.1) is 11.8 Å². The van der Waals surface area contributed by atoms with E-state index in [0.717, 1.165) is 16.3 Å². The molecule has 0 aliphatic rings. The minimum absolute atomic E-state index is 0.137. The van der Waals surface area contributed by atoms with Crippen LogP contribution in [0.3, 0.4) is 0 Å². The molecule has 0 saturated heterocycles. The first-order chi connectivity index (χ1) is 12.3. The first kappa shape index (κ1) is 22.4. The fourth-order valence-corrected chi connectivity index (χ4v) is 4.89. The summed E-state index contributed by atoms with van der Waals surface area (Å²) in [5, 5.41) is 7.65. The summed E-state index contributed by atoms with van der Waals surface area (Å²) in [6, 6.07) is 2.72. The second-order valence-corrected chi connectivity index (χ2v) is 7.83. The second kappa shape index (κ2) is 7.87. The number of nitrogens with zero attached hydrogens (tertiary/aromatic N) is 2. The monoisotopic (exact) mass is 484 g/mol. The summed E-state index contributed by atoms with van der Waals surface area (Å²) in [6.07, 6.45) is -3.32. The highest BCUT2D eigenvalue weighted by Gasteiger charge is 2.37. The van der Waals surface area contributed by atoms with E-state index in [4.69, 9.17) is 34.8 Å². The molecule has 0 spiro atoms. The predicted octanol–water partition coefficient (Wildman–Crippen LogP) is 7.66. The molecule has 146 valence electrons. The number of hydrogen-bond donors (Lipinski definition) is 0. The Bertz CT molecular complexity index is 908. The highest BCUT2D eigenvalue weighted by Crippen LogP contribution is 2.49. The summed E-state index contributed by atoms with van der Waals surface area (Å²) < 4.78 is 78.2. The Morgan fingerprint density at radius 3 is 1.93 bits per heavy atom. The van der Waals surface area contributed by atoms with E-state index in [-0.39, 0.29) is 10.7 Å². The van der Waals surface area contributed by atoms with Gasteiger partial charge in [-0.25, -0.2) is 0 Å². The molecule has 2 rings (SSSR count). The fourth-order valence-electron chi connectivity index (χ4n) is 2.14. The summed E-state index contributed by atoms with van der Waals surface area (Å²) in [4.78, 5) is -0.491. The quantitative estimate of drug-likeness (QED) is 0.330. The summed E-state index contributed by atoms with van der Waals surface area (Å²) in [6.45, 7) is 0. The van der Waals surface area contributed by atoms with E-state index in [1.165, 1.54) is 6.26 Å². The van der Waals surface area contributed by atoms with E-state index in [0.29, 0.717) is 12.1 Å². The molecule has 0 saturated carbocycles. The third-order valence-electron chi connectivity index (χ3n) is 3.12. The minimum atomic E-state index is -4.73. The van der Waals surface area contributed by atoms with Crippen LogP contribution in [0, 0.1) is 11.3 Å². The molecule has 1 heterocycles. The first-order valence-electron chi connectivity index (χ1n) is 6.52. The van der Waals surface area contributed by atoms with Crippen LogP contribution in [0.4, 0.5) is 26.3 Å². The maximum atomic E-state index is 12.9. The Hall–Kier alpha value is -0.860. The lowest BCUT2D eigenvalue weighted by Gasteiger charge is -2.16. The van der Waals surface area contributed by atoms with Gasteiger partial charge in [0, 0.05) is 0 Å². The van der Waals surface area contributed by atoms with Crippen molar-refractivity contribution in [2.24, 2.45) is 0 Å². The third kappa shape index (κ3) is 4.59. The molecule has 2 nitrogen and oxygen atoms in total. The maximum absolute atomic E-state index is 12.9. The van der Waals surface area contributed by atoms with Gasteiger partial charge in [0.15, 0.2) is 0 Å². The largest absolute Gasteiger partial charge is 0.446 e. The van der Waals surface area contributed by atoms with Gasteiger partial charge in [0.25, 0.3) is 0 Å². The van der Waals surface area contributed by atoms with Crippen molar-refractivity contribution in [1.29, 1.82) is 5.26 Å². The van der Waals surface area contributed by atoms with Gasteiger partial charge >= 0.3 is 11.7 Å². The summed E-state index contributed by atoms with van der Waals surface area (Å²) in [7, 11) is 0. The molecule has 0 unspecified atom stereocenters. The maximum Gasteiger partial charge on any atom is 0.446 e. The zero-order chi connectivity index (χ0) is 20.7. The average molecular weight is 486 g/mol. The molecule has 1 aromatic carbocycles. The Labute approximate surface area is 172 Å². The number of rotatable bonds is 3. The number of nitriles is 1. The molecular formula is C14H5Cl3F6N2S2. The Morgan fingerprint density at radius 1 is 1.04 bits per heavy atom. The van der Waals surface area contributed by atoms with Crippen molar-refractivity contribution in [3.63, 3.8) is 0 Å². The van der Waals surface area contributed by atoms with Crippen LogP contribution in [-0.2, 0) is 6.18 Å². The van der Waals surface area contributed by atoms with Crippen LogP contribution >= 0.6 is 58.3 Å². The van der Waals surface area contributed by atoms with Gasteiger partial charge < -0.3 is 0 Å². The predicted molar refractivity (Wildman–Crippen MR) is 94.2 cm³/mol. The van der Waals surface area contributed by atoms with E-state index < -0.39 is 54.7 Å². The summed E-state index contributed by atoms with van der Waals surface area (Å²) >= 11 is 18.2. The highest BCUT2D eigenvalue weighted by molar-refractivity contribution is 8.02. The van der Waals surface area contributed by atoms with Crippen molar-refractivity contribution in [1.82, 2.24) is 4.57 Å². The SMILES string of the molecule is CSc1c(SC(F)(F)F)c(C#N)c(Cl)n1-c1c(Cl)cc(C(F)(F)F)cc1Cl. The van der Waals surface area contributed by atoms with Gasteiger partial charge in [0.1, 0.15) is 16.8 Å². The van der Waals surface area contributed by atoms with Gasteiger partial charge in [0.05, 0.1) is 31.2 Å². The van der Waals surface area contributed by atoms with Gasteiger partial charge in [-0.05, 0) is 30.2 Å². The zero-order valence-corrected chi connectivity index (χ0v) is 16.7. The molecule has 2 aromatic rings. The lowest BCUT2D eigenvalue weighted by Crippen LogP contribution is -2.07. The number of thioether (sulfide) groups is 2. The van der Waals surface area contributed by atoms with Crippen LogP contribution in [0.5, 0.6) is 0 Å². The molecule has 0 N–H and O–H groups in total. The van der Waals surface area contributed by atoms with Gasteiger partial charge in [-0.1, -0.05) is 34.8 Å². The Kier molecular flexibility index (Phi) is 6.54. The van der Waals surface area contributed by atoms with E-state index in [1.54, 1.807) is 6.07 Å². The minimum Gasteiger partial charge on any atom is -0.290 e. The van der Waals surface area contributed by atoms with Crippen molar-refractivity contribution in [3.8, 4) is 11.8 Å². The topological polar surface area (TPSA) is 28.7 Å². The Morgan fingerprint density at radius 2 is 1.56 bits per heavy atom. The van der Waals surface area contributed by atoms with Crippen LogP contribution in [0.25, 0.3) is 5.69 Å². The fraction of sp³-hybridized carbons (Fsp3) is 0.214. The number of benzene rings is 1. The third-order valence-corrected chi connectivity index (χ3v) is 5.79. The zero-order valence-electron chi connectivity index (χ0n) is 12.8. The van der Waals surface area contributed by atoms with Crippen molar-refractivity contribution in [2.75, 3.05) is 6.26 Å². The lowest BCUT2D eigenvalue weighted by atomic mass is 10.2. The van der Waals surface area contributed by atoms with E-state index in [9.17, 15) is 31.6 Å². The van der Waals surface area contributed by atoms with E-state index in [2.05, 4.69) is 0 Å². The van der Waals surface area contributed by atoms with E-state index >= 15 is 0 Å². The van der Waals surface area contributed by atoms with Crippen molar-refractivity contribution in [2.45, 2.75) is 21.6 Å². The summed E-state index contributed by atoms with van der Waals surface area (Å²) in [5.41, 5.74) is -6.61. The standard InChI is InChI=1S/C14H5Cl3F6N2S2/c1-26-12-10(27-14(21,22)23)6(4-24)11(17)25(12)9-7(15)2-5(3-8(9)16)13(18,19)20/h2-3H,1H3. The number of aromatic nitrogens is 1. The average Bonchev–Trinajstić information content (AvgIpc) is 2.75. The van der Waals surface area contributed by atoms with Crippen molar-refractivity contribution in [3.05, 3.63) is 38.5 Å². The van der Waals surface area contributed by atoms with Gasteiger partial charge in [0.2, 0.25) is 0 Å². The van der Waals surface area contributed by atoms with Crippen LogP contribution in [-0.4, -0.2) is 16.3 Å². The molecule has 27 heavy (non-hydrogen) atoms. The lowest BCUT2D eigenvalue weighted by molar-refractivity contribution is -0.137. The number of halogens is 9. The molecule has 1 aromatic heterocycles. The van der Waals surface area contributed by atoms with Gasteiger partial charge in [-0.3, -0.25) is 4.57 Å².